The first-order valence-electron chi connectivity index (χ1n) is 9.98. The Morgan fingerprint density at radius 1 is 1.03 bits per heavy atom. The third kappa shape index (κ3) is 4.84. The molecule has 0 saturated carbocycles. The number of benzene rings is 1. The van der Waals surface area contributed by atoms with E-state index in [-0.39, 0.29) is 23.4 Å². The average Bonchev–Trinajstić information content (AvgIpc) is 3.27. The summed E-state index contributed by atoms with van der Waals surface area (Å²) in [6.07, 6.45) is -2.38. The first-order valence-corrected chi connectivity index (χ1v) is 9.98. The van der Waals surface area contributed by atoms with Gasteiger partial charge >= 0.3 is 6.18 Å². The van der Waals surface area contributed by atoms with Crippen LogP contribution < -0.4 is 19.7 Å². The molecular formula is C22H22F3N5O2. The smallest absolute Gasteiger partial charge is 0.433 e. The molecule has 10 heteroatoms. The molecule has 3 heterocycles. The molecular weight excluding hydrogens is 423 g/mol. The molecule has 4 rings (SSSR count). The van der Waals surface area contributed by atoms with Crippen LogP contribution >= 0.6 is 0 Å². The molecule has 168 valence electrons. The van der Waals surface area contributed by atoms with E-state index in [9.17, 15) is 13.2 Å². The highest BCUT2D eigenvalue weighted by atomic mass is 19.4. The second-order valence-electron chi connectivity index (χ2n) is 7.32. The van der Waals surface area contributed by atoms with E-state index < -0.39 is 11.9 Å². The van der Waals surface area contributed by atoms with E-state index in [1.165, 1.54) is 6.20 Å². The minimum atomic E-state index is -4.60. The van der Waals surface area contributed by atoms with E-state index in [1.807, 2.05) is 12.1 Å². The van der Waals surface area contributed by atoms with Gasteiger partial charge in [-0.25, -0.2) is 9.97 Å². The molecule has 0 bridgehead atoms. The summed E-state index contributed by atoms with van der Waals surface area (Å²) >= 11 is 0. The fraction of sp³-hybridized carbons (Fsp3) is 0.318. The molecule has 0 spiro atoms. The summed E-state index contributed by atoms with van der Waals surface area (Å²) in [5.41, 5.74) is 0.180. The Hall–Kier alpha value is -3.56. The maximum atomic E-state index is 13.4. The lowest BCUT2D eigenvalue weighted by atomic mass is 10.2. The number of nitrogens with one attached hydrogen (secondary N) is 1. The van der Waals surface area contributed by atoms with Gasteiger partial charge in [0.15, 0.2) is 11.5 Å². The van der Waals surface area contributed by atoms with Crippen molar-refractivity contribution in [2.75, 3.05) is 37.5 Å². The Morgan fingerprint density at radius 3 is 2.41 bits per heavy atom. The maximum absolute atomic E-state index is 13.4. The van der Waals surface area contributed by atoms with Crippen molar-refractivity contribution in [1.29, 1.82) is 0 Å². The molecule has 1 aliphatic rings. The number of rotatable bonds is 6. The summed E-state index contributed by atoms with van der Waals surface area (Å²) in [4.78, 5) is 14.2. The molecule has 0 radical (unpaired) electrons. The van der Waals surface area contributed by atoms with Gasteiger partial charge in [0.05, 0.1) is 14.2 Å². The molecule has 0 aliphatic carbocycles. The number of aromatic nitrogens is 3. The predicted molar refractivity (Wildman–Crippen MR) is 114 cm³/mol. The van der Waals surface area contributed by atoms with Crippen LogP contribution in [0.3, 0.4) is 0 Å². The van der Waals surface area contributed by atoms with Gasteiger partial charge in [0.25, 0.3) is 0 Å². The number of alkyl halides is 3. The van der Waals surface area contributed by atoms with Crippen LogP contribution in [-0.4, -0.2) is 48.3 Å². The van der Waals surface area contributed by atoms with E-state index in [1.54, 1.807) is 38.5 Å². The number of ether oxygens (including phenoxy) is 2. The van der Waals surface area contributed by atoms with Crippen molar-refractivity contribution < 1.29 is 22.6 Å². The van der Waals surface area contributed by atoms with Gasteiger partial charge in [-0.15, -0.1) is 0 Å². The third-order valence-electron chi connectivity index (χ3n) is 5.15. The van der Waals surface area contributed by atoms with Crippen LogP contribution in [0.2, 0.25) is 0 Å². The molecule has 2 aromatic heterocycles. The molecule has 1 saturated heterocycles. The standard InChI is InChI=1S/C22H22F3N5O2/c1-31-16-9-15(10-17(11-16)32-2)30-8-6-14(13-30)27-20-12-19(22(23,24)25)28-21(29-20)18-5-3-4-7-26-18/h3-5,7,9-12,14H,6,8,13H2,1-2H3,(H,27,28,29). The summed E-state index contributed by atoms with van der Waals surface area (Å²) in [6.45, 7) is 1.30. The van der Waals surface area contributed by atoms with Crippen molar-refractivity contribution in [3.63, 3.8) is 0 Å². The van der Waals surface area contributed by atoms with Crippen LogP contribution in [0, 0.1) is 0 Å². The molecule has 1 unspecified atom stereocenters. The second kappa shape index (κ2) is 8.89. The Bertz CT molecular complexity index is 1060. The van der Waals surface area contributed by atoms with Gasteiger partial charge in [0.1, 0.15) is 23.0 Å². The maximum Gasteiger partial charge on any atom is 0.433 e. The lowest BCUT2D eigenvalue weighted by Gasteiger charge is -2.21. The average molecular weight is 445 g/mol. The van der Waals surface area contributed by atoms with Crippen molar-refractivity contribution in [3.05, 3.63) is 54.4 Å². The first kappa shape index (κ1) is 21.7. The number of anilines is 2. The van der Waals surface area contributed by atoms with Crippen molar-refractivity contribution in [1.82, 2.24) is 15.0 Å². The molecule has 1 atom stereocenters. The van der Waals surface area contributed by atoms with Crippen molar-refractivity contribution in [2.45, 2.75) is 18.6 Å². The van der Waals surface area contributed by atoms with Gasteiger partial charge in [-0.1, -0.05) is 6.07 Å². The second-order valence-corrected chi connectivity index (χ2v) is 7.32. The number of methoxy groups -OCH3 is 2. The minimum absolute atomic E-state index is 0.0738. The number of nitrogens with zero attached hydrogens (tertiary/aromatic N) is 4. The highest BCUT2D eigenvalue weighted by Crippen LogP contribution is 2.33. The highest BCUT2D eigenvalue weighted by molar-refractivity contribution is 5.57. The number of pyridine rings is 1. The zero-order valence-corrected chi connectivity index (χ0v) is 17.6. The van der Waals surface area contributed by atoms with Gasteiger partial charge in [0.2, 0.25) is 0 Å². The van der Waals surface area contributed by atoms with Crippen molar-refractivity contribution >= 4 is 11.5 Å². The summed E-state index contributed by atoms with van der Waals surface area (Å²) in [7, 11) is 3.17. The lowest BCUT2D eigenvalue weighted by Crippen LogP contribution is -2.26. The third-order valence-corrected chi connectivity index (χ3v) is 5.15. The molecule has 1 aromatic carbocycles. The zero-order valence-electron chi connectivity index (χ0n) is 17.6. The summed E-state index contributed by atoms with van der Waals surface area (Å²) in [6, 6.07) is 11.4. The molecule has 1 aliphatic heterocycles. The van der Waals surface area contributed by atoms with E-state index in [0.29, 0.717) is 18.0 Å². The minimum Gasteiger partial charge on any atom is -0.497 e. The summed E-state index contributed by atoms with van der Waals surface area (Å²) in [5.74, 6) is 1.38. The topological polar surface area (TPSA) is 72.4 Å². The Kier molecular flexibility index (Phi) is 6.02. The molecule has 3 aromatic rings. The number of hydrogen-bond donors (Lipinski definition) is 1. The van der Waals surface area contributed by atoms with Gasteiger partial charge in [-0.05, 0) is 18.6 Å². The quantitative estimate of drug-likeness (QED) is 0.608. The van der Waals surface area contributed by atoms with Gasteiger partial charge in [-0.3, -0.25) is 4.98 Å². The highest BCUT2D eigenvalue weighted by Gasteiger charge is 2.34. The molecule has 7 nitrogen and oxygen atoms in total. The van der Waals surface area contributed by atoms with Crippen LogP contribution in [0.15, 0.2) is 48.7 Å². The van der Waals surface area contributed by atoms with E-state index in [2.05, 4.69) is 25.2 Å². The van der Waals surface area contributed by atoms with Gasteiger partial charge in [0, 0.05) is 55.3 Å². The number of halogens is 3. The predicted octanol–water partition coefficient (Wildman–Crippen LogP) is 4.27. The van der Waals surface area contributed by atoms with Crippen LogP contribution in [0.1, 0.15) is 12.1 Å². The fourth-order valence-electron chi connectivity index (χ4n) is 3.57. The van der Waals surface area contributed by atoms with E-state index in [4.69, 9.17) is 9.47 Å². The van der Waals surface area contributed by atoms with Crippen molar-refractivity contribution in [3.8, 4) is 23.0 Å². The van der Waals surface area contributed by atoms with Gasteiger partial charge < -0.3 is 19.7 Å². The van der Waals surface area contributed by atoms with E-state index >= 15 is 0 Å². The van der Waals surface area contributed by atoms with E-state index in [0.717, 1.165) is 24.7 Å². The van der Waals surface area contributed by atoms with Crippen LogP contribution in [-0.2, 0) is 6.18 Å². The molecule has 32 heavy (non-hydrogen) atoms. The Labute approximate surface area is 183 Å². The van der Waals surface area contributed by atoms with Crippen LogP contribution in [0.25, 0.3) is 11.5 Å². The van der Waals surface area contributed by atoms with Gasteiger partial charge in [-0.2, -0.15) is 13.2 Å². The largest absolute Gasteiger partial charge is 0.497 e. The summed E-state index contributed by atoms with van der Waals surface area (Å²) in [5, 5.41) is 3.14. The molecule has 1 fully saturated rings. The fourth-order valence-corrected chi connectivity index (χ4v) is 3.57. The normalized spacial score (nSPS) is 16.2. The zero-order chi connectivity index (χ0) is 22.7. The SMILES string of the molecule is COc1cc(OC)cc(N2CCC(Nc3cc(C(F)(F)F)nc(-c4ccccn4)n3)C2)c1. The van der Waals surface area contributed by atoms with Crippen molar-refractivity contribution in [2.24, 2.45) is 0 Å². The monoisotopic (exact) mass is 445 g/mol. The summed E-state index contributed by atoms with van der Waals surface area (Å²) < 4.78 is 51.0. The first-order chi connectivity index (χ1) is 15.4. The molecule has 0 amide bonds. The molecule has 1 N–H and O–H groups in total. The lowest BCUT2D eigenvalue weighted by molar-refractivity contribution is -0.141. The van der Waals surface area contributed by atoms with Crippen LogP contribution in [0.4, 0.5) is 24.7 Å². The number of hydrogen-bond acceptors (Lipinski definition) is 7. The Morgan fingerprint density at radius 2 is 1.78 bits per heavy atom. The Balaban J connectivity index is 1.56. The van der Waals surface area contributed by atoms with Crippen LogP contribution in [0.5, 0.6) is 11.5 Å².